The first-order chi connectivity index (χ1) is 14.5. The van der Waals surface area contributed by atoms with Crippen molar-refractivity contribution in [3.63, 3.8) is 0 Å². The van der Waals surface area contributed by atoms with Gasteiger partial charge in [0.2, 0.25) is 10.2 Å². The fraction of sp³-hybridized carbons (Fsp3) is 0.167. The van der Waals surface area contributed by atoms with Gasteiger partial charge in [0.25, 0.3) is 5.69 Å². The summed E-state index contributed by atoms with van der Waals surface area (Å²) in [4.78, 5) is 22.8. The number of nitro groups is 1. The number of ether oxygens (including phenoxy) is 1. The summed E-state index contributed by atoms with van der Waals surface area (Å²) in [5, 5.41) is 26.8. The molecule has 1 aromatic heterocycles. The number of carbonyl (C=O) groups excluding carboxylic acids is 1. The second-order valence-electron chi connectivity index (χ2n) is 5.87. The number of hydrogen-bond acceptors (Lipinski definition) is 10. The third kappa shape index (κ3) is 5.17. The van der Waals surface area contributed by atoms with Gasteiger partial charge >= 0.3 is 5.97 Å². The molecular weight excluding hydrogens is 410 g/mol. The Morgan fingerprint density at radius 1 is 1.30 bits per heavy atom. The molecule has 3 rings (SSSR count). The van der Waals surface area contributed by atoms with E-state index in [-0.39, 0.29) is 17.3 Å². The van der Waals surface area contributed by atoms with E-state index in [1.165, 1.54) is 22.9 Å². The van der Waals surface area contributed by atoms with Crippen molar-refractivity contribution in [1.29, 1.82) is 0 Å². The molecule has 0 fully saturated rings. The number of tetrazole rings is 1. The molecule has 0 atom stereocenters. The number of esters is 1. The van der Waals surface area contributed by atoms with Gasteiger partial charge in [0.1, 0.15) is 0 Å². The van der Waals surface area contributed by atoms with Gasteiger partial charge in [-0.3, -0.25) is 15.5 Å². The predicted molar refractivity (Wildman–Crippen MR) is 111 cm³/mol. The number of nitrogens with one attached hydrogen (secondary N) is 1. The first kappa shape index (κ1) is 20.9. The molecule has 0 amide bonds. The molecule has 0 saturated carbocycles. The molecule has 0 aliphatic heterocycles. The molecule has 0 bridgehead atoms. The third-order valence-electron chi connectivity index (χ3n) is 3.70. The molecule has 11 nitrogen and oxygen atoms in total. The lowest BCUT2D eigenvalue weighted by atomic mass is 10.2. The van der Waals surface area contributed by atoms with Crippen LogP contribution in [0.15, 0.2) is 58.8 Å². The molecule has 3 aromatic rings. The molecule has 0 saturated heterocycles. The van der Waals surface area contributed by atoms with E-state index in [4.69, 9.17) is 4.74 Å². The van der Waals surface area contributed by atoms with Crippen LogP contribution in [-0.4, -0.2) is 42.8 Å². The number of hydrogen-bond donors (Lipinski definition) is 1. The number of benzene rings is 2. The van der Waals surface area contributed by atoms with Gasteiger partial charge in [-0.15, -0.1) is 5.10 Å². The highest BCUT2D eigenvalue weighted by molar-refractivity contribution is 8.15. The molecular formula is C18H17N7O4S. The van der Waals surface area contributed by atoms with Crippen molar-refractivity contribution in [1.82, 2.24) is 20.2 Å². The van der Waals surface area contributed by atoms with E-state index < -0.39 is 10.9 Å². The zero-order valence-corrected chi connectivity index (χ0v) is 16.9. The van der Waals surface area contributed by atoms with Gasteiger partial charge in [-0.1, -0.05) is 23.8 Å². The average Bonchev–Trinajstić information content (AvgIpc) is 3.20. The van der Waals surface area contributed by atoms with Gasteiger partial charge in [-0.2, -0.15) is 9.78 Å². The lowest BCUT2D eigenvalue weighted by Gasteiger charge is -2.07. The summed E-state index contributed by atoms with van der Waals surface area (Å²) < 4.78 is 6.51. The lowest BCUT2D eigenvalue weighted by molar-refractivity contribution is -0.384. The summed E-state index contributed by atoms with van der Waals surface area (Å²) in [6.45, 7) is 3.78. The predicted octanol–water partition coefficient (Wildman–Crippen LogP) is 2.96. The normalized spacial score (nSPS) is 11.2. The Morgan fingerprint density at radius 2 is 2.07 bits per heavy atom. The van der Waals surface area contributed by atoms with Crippen LogP contribution >= 0.6 is 11.8 Å². The summed E-state index contributed by atoms with van der Waals surface area (Å²) in [7, 11) is 0. The van der Waals surface area contributed by atoms with Crippen molar-refractivity contribution in [3.05, 3.63) is 64.2 Å². The Balaban J connectivity index is 1.87. The van der Waals surface area contributed by atoms with E-state index in [0.717, 1.165) is 17.3 Å². The number of hydrazone groups is 1. The minimum absolute atomic E-state index is 0.0634. The number of nitrogens with zero attached hydrogens (tertiary/aromatic N) is 6. The molecule has 154 valence electrons. The van der Waals surface area contributed by atoms with E-state index in [9.17, 15) is 14.9 Å². The fourth-order valence-corrected chi connectivity index (χ4v) is 3.00. The number of nitro benzene ring substituents is 1. The van der Waals surface area contributed by atoms with Gasteiger partial charge in [0.15, 0.2) is 0 Å². The Bertz CT molecular complexity index is 1080. The number of thioether (sulfide) groups is 1. The van der Waals surface area contributed by atoms with Crippen molar-refractivity contribution < 1.29 is 14.5 Å². The van der Waals surface area contributed by atoms with Crippen LogP contribution in [0.3, 0.4) is 0 Å². The molecule has 0 aliphatic carbocycles. The number of aryl methyl sites for hydroxylation is 1. The van der Waals surface area contributed by atoms with E-state index in [0.29, 0.717) is 16.5 Å². The van der Waals surface area contributed by atoms with Crippen LogP contribution in [0.25, 0.3) is 5.69 Å². The number of anilines is 1. The summed E-state index contributed by atoms with van der Waals surface area (Å²) in [5.74, 6) is -0.682. The third-order valence-corrected chi connectivity index (χ3v) is 4.59. The standard InChI is InChI=1S/C18H17N7O4S/c1-3-29-17(26)16(20-19-13-5-4-6-15(11-13)25(27)28)30-18-21-22-23-24(18)14-9-7-12(2)8-10-14/h4-11,19H,3H2,1-2H3. The Kier molecular flexibility index (Phi) is 6.70. The monoisotopic (exact) mass is 427 g/mol. The van der Waals surface area contributed by atoms with Crippen LogP contribution in [0.2, 0.25) is 0 Å². The van der Waals surface area contributed by atoms with Gasteiger partial charge in [-0.05, 0) is 54.2 Å². The maximum Gasteiger partial charge on any atom is 0.365 e. The van der Waals surface area contributed by atoms with Crippen LogP contribution in [0, 0.1) is 17.0 Å². The highest BCUT2D eigenvalue weighted by Gasteiger charge is 2.20. The van der Waals surface area contributed by atoms with Crippen LogP contribution < -0.4 is 5.43 Å². The quantitative estimate of drug-likeness (QED) is 0.157. The summed E-state index contributed by atoms with van der Waals surface area (Å²) >= 11 is 0.905. The summed E-state index contributed by atoms with van der Waals surface area (Å²) in [6.07, 6.45) is 0. The van der Waals surface area contributed by atoms with E-state index in [1.54, 1.807) is 13.0 Å². The number of rotatable bonds is 6. The maximum atomic E-state index is 12.4. The maximum absolute atomic E-state index is 12.4. The Morgan fingerprint density at radius 3 is 2.77 bits per heavy atom. The molecule has 1 N–H and O–H groups in total. The second kappa shape index (κ2) is 9.60. The number of carbonyl (C=O) groups is 1. The van der Waals surface area contributed by atoms with Gasteiger partial charge in [-0.25, -0.2) is 4.79 Å². The fourth-order valence-electron chi connectivity index (χ4n) is 2.28. The van der Waals surface area contributed by atoms with Gasteiger partial charge in [0.05, 0.1) is 22.9 Å². The second-order valence-corrected chi connectivity index (χ2v) is 6.82. The van der Waals surface area contributed by atoms with Crippen molar-refractivity contribution >= 4 is 34.1 Å². The van der Waals surface area contributed by atoms with Crippen molar-refractivity contribution in [3.8, 4) is 5.69 Å². The van der Waals surface area contributed by atoms with Crippen LogP contribution in [0.4, 0.5) is 11.4 Å². The molecule has 2 aromatic carbocycles. The minimum atomic E-state index is -0.682. The molecule has 1 heterocycles. The molecule has 0 aliphatic rings. The summed E-state index contributed by atoms with van der Waals surface area (Å²) in [6, 6.07) is 13.3. The van der Waals surface area contributed by atoms with E-state index in [2.05, 4.69) is 26.1 Å². The van der Waals surface area contributed by atoms with Crippen molar-refractivity contribution in [2.75, 3.05) is 12.0 Å². The van der Waals surface area contributed by atoms with E-state index in [1.807, 2.05) is 31.2 Å². The van der Waals surface area contributed by atoms with Crippen molar-refractivity contribution in [2.24, 2.45) is 5.10 Å². The minimum Gasteiger partial charge on any atom is -0.461 e. The molecule has 30 heavy (non-hydrogen) atoms. The largest absolute Gasteiger partial charge is 0.461 e. The SMILES string of the molecule is CCOC(=O)C(=NNc1cccc([N+](=O)[O-])c1)Sc1nnnn1-c1ccc(C)cc1. The zero-order valence-electron chi connectivity index (χ0n) is 16.1. The Labute approximate surface area is 175 Å². The number of aromatic nitrogens is 4. The van der Waals surface area contributed by atoms with Crippen molar-refractivity contribution in [2.45, 2.75) is 19.0 Å². The highest BCUT2D eigenvalue weighted by atomic mass is 32.2. The van der Waals surface area contributed by atoms with Crippen LogP contribution in [0.5, 0.6) is 0 Å². The topological polar surface area (TPSA) is 137 Å². The van der Waals surface area contributed by atoms with Crippen LogP contribution in [0.1, 0.15) is 12.5 Å². The molecule has 12 heteroatoms. The Hall–Kier alpha value is -3.80. The lowest BCUT2D eigenvalue weighted by Crippen LogP contribution is -2.17. The molecule has 0 spiro atoms. The van der Waals surface area contributed by atoms with Gasteiger partial charge < -0.3 is 4.74 Å². The highest BCUT2D eigenvalue weighted by Crippen LogP contribution is 2.22. The molecule has 0 unspecified atom stereocenters. The number of non-ortho nitro benzene ring substituents is 1. The smallest absolute Gasteiger partial charge is 0.365 e. The first-order valence-electron chi connectivity index (χ1n) is 8.76. The van der Waals surface area contributed by atoms with Gasteiger partial charge in [0, 0.05) is 12.1 Å². The molecule has 0 radical (unpaired) electrons. The van der Waals surface area contributed by atoms with Crippen LogP contribution in [-0.2, 0) is 9.53 Å². The zero-order chi connectivity index (χ0) is 21.5. The van der Waals surface area contributed by atoms with E-state index >= 15 is 0 Å². The first-order valence-corrected chi connectivity index (χ1v) is 9.58. The summed E-state index contributed by atoms with van der Waals surface area (Å²) in [5.41, 5.74) is 4.66. The average molecular weight is 427 g/mol.